The first kappa shape index (κ1) is 17.3. The molecule has 4 atom stereocenters. The summed E-state index contributed by atoms with van der Waals surface area (Å²) in [5, 5.41) is 3.82. The molecular weight excluding hydrogens is 258 g/mol. The van der Waals surface area contributed by atoms with E-state index < -0.39 is 0 Å². The average Bonchev–Trinajstić information content (AvgIpc) is 2.47. The Bertz CT molecular complexity index is 277. The molecule has 0 heterocycles. The largest absolute Gasteiger partial charge is 0.380 e. The number of ether oxygens (including phenoxy) is 1. The Morgan fingerprint density at radius 3 is 2.10 bits per heavy atom. The topological polar surface area (TPSA) is 21.3 Å². The summed E-state index contributed by atoms with van der Waals surface area (Å²) in [7, 11) is 1.94. The number of nitrogens with one attached hydrogen (secondary N) is 1. The van der Waals surface area contributed by atoms with Crippen LogP contribution in [0.1, 0.15) is 72.1 Å². The van der Waals surface area contributed by atoms with Crippen LogP contribution in [0.25, 0.3) is 0 Å². The van der Waals surface area contributed by atoms with Crippen LogP contribution in [0.3, 0.4) is 0 Å². The van der Waals surface area contributed by atoms with E-state index in [4.69, 9.17) is 4.74 Å². The maximum absolute atomic E-state index is 6.07. The van der Waals surface area contributed by atoms with Gasteiger partial charge in [-0.3, -0.25) is 0 Å². The summed E-state index contributed by atoms with van der Waals surface area (Å²) in [6.07, 6.45) is 11.6. The van der Waals surface area contributed by atoms with Crippen LogP contribution in [0.4, 0.5) is 0 Å². The summed E-state index contributed by atoms with van der Waals surface area (Å²) in [6, 6.07) is 0.563. The van der Waals surface area contributed by atoms with E-state index in [1.54, 1.807) is 0 Å². The van der Waals surface area contributed by atoms with Crippen molar-refractivity contribution in [1.82, 2.24) is 5.32 Å². The normalized spacial score (nSPS) is 34.6. The van der Waals surface area contributed by atoms with Gasteiger partial charge in [-0.05, 0) is 62.3 Å². The number of likely N-dealkylation sites (N-methyl/N-ethyl adjacent to an activating group) is 1. The Kier molecular flexibility index (Phi) is 7.01. The summed E-state index contributed by atoms with van der Waals surface area (Å²) >= 11 is 0. The highest BCUT2D eigenvalue weighted by Gasteiger charge is 2.37. The molecule has 0 aromatic carbocycles. The molecule has 0 bridgehead atoms. The number of rotatable bonds is 6. The zero-order valence-electron chi connectivity index (χ0n) is 14.7. The maximum atomic E-state index is 6.07. The highest BCUT2D eigenvalue weighted by atomic mass is 16.5. The van der Waals surface area contributed by atoms with Crippen LogP contribution in [0.2, 0.25) is 0 Å². The van der Waals surface area contributed by atoms with E-state index in [0.29, 0.717) is 12.1 Å². The molecule has 0 aliphatic heterocycles. The highest BCUT2D eigenvalue weighted by molar-refractivity contribution is 4.92. The fraction of sp³-hybridized carbons (Fsp3) is 1.00. The molecule has 2 aliphatic rings. The standard InChI is InChI=1S/C19H37NO/c1-5-20-18(17-12-14(2)11-15(3)13-17)19(21-4)16-9-7-6-8-10-16/h14-20H,5-13H2,1-4H3. The third kappa shape index (κ3) is 4.69. The molecule has 2 nitrogen and oxygen atoms in total. The molecule has 0 radical (unpaired) electrons. The first-order chi connectivity index (χ1) is 10.2. The Balaban J connectivity index is 2.07. The van der Waals surface area contributed by atoms with Crippen molar-refractivity contribution < 1.29 is 4.74 Å². The Labute approximate surface area is 132 Å². The van der Waals surface area contributed by atoms with Crippen molar-refractivity contribution in [2.45, 2.75) is 84.3 Å². The van der Waals surface area contributed by atoms with Gasteiger partial charge in [0.25, 0.3) is 0 Å². The van der Waals surface area contributed by atoms with Crippen LogP contribution in [-0.4, -0.2) is 25.8 Å². The van der Waals surface area contributed by atoms with Crippen molar-refractivity contribution in [1.29, 1.82) is 0 Å². The number of hydrogen-bond acceptors (Lipinski definition) is 2. The Morgan fingerprint density at radius 1 is 0.952 bits per heavy atom. The zero-order valence-corrected chi connectivity index (χ0v) is 14.7. The van der Waals surface area contributed by atoms with E-state index in [-0.39, 0.29) is 0 Å². The number of hydrogen-bond donors (Lipinski definition) is 1. The van der Waals surface area contributed by atoms with Crippen molar-refractivity contribution in [3.05, 3.63) is 0 Å². The van der Waals surface area contributed by atoms with Crippen molar-refractivity contribution in [2.75, 3.05) is 13.7 Å². The molecular formula is C19H37NO. The molecule has 2 heteroatoms. The predicted molar refractivity (Wildman–Crippen MR) is 90.5 cm³/mol. The second-order valence-corrected chi connectivity index (χ2v) is 7.86. The minimum atomic E-state index is 0.424. The molecule has 0 aromatic rings. The summed E-state index contributed by atoms with van der Waals surface area (Å²) in [5.74, 6) is 3.34. The molecule has 21 heavy (non-hydrogen) atoms. The molecule has 0 spiro atoms. The minimum absolute atomic E-state index is 0.424. The fourth-order valence-electron chi connectivity index (χ4n) is 5.18. The molecule has 1 N–H and O–H groups in total. The molecule has 0 saturated heterocycles. The molecule has 0 amide bonds. The van der Waals surface area contributed by atoms with E-state index in [0.717, 1.165) is 30.2 Å². The lowest BCUT2D eigenvalue weighted by molar-refractivity contribution is -0.0189. The van der Waals surface area contributed by atoms with E-state index >= 15 is 0 Å². The Morgan fingerprint density at radius 2 is 1.57 bits per heavy atom. The summed E-state index contributed by atoms with van der Waals surface area (Å²) in [6.45, 7) is 8.19. The third-order valence-electron chi connectivity index (χ3n) is 5.90. The van der Waals surface area contributed by atoms with Crippen LogP contribution in [-0.2, 0) is 4.74 Å². The van der Waals surface area contributed by atoms with Crippen LogP contribution >= 0.6 is 0 Å². The molecule has 2 fully saturated rings. The smallest absolute Gasteiger partial charge is 0.0755 e. The predicted octanol–water partition coefficient (Wildman–Crippen LogP) is 4.63. The monoisotopic (exact) mass is 295 g/mol. The summed E-state index contributed by atoms with van der Waals surface area (Å²) in [5.41, 5.74) is 0. The van der Waals surface area contributed by atoms with Gasteiger partial charge in [0.15, 0.2) is 0 Å². The first-order valence-electron chi connectivity index (χ1n) is 9.41. The number of methoxy groups -OCH3 is 1. The van der Waals surface area contributed by atoms with Gasteiger partial charge in [0, 0.05) is 13.2 Å². The van der Waals surface area contributed by atoms with Gasteiger partial charge in [0.1, 0.15) is 0 Å². The molecule has 4 unspecified atom stereocenters. The van der Waals surface area contributed by atoms with Gasteiger partial charge in [0.05, 0.1) is 6.10 Å². The van der Waals surface area contributed by atoms with Crippen LogP contribution in [0, 0.1) is 23.7 Å². The van der Waals surface area contributed by atoms with Gasteiger partial charge in [-0.1, -0.05) is 40.0 Å². The van der Waals surface area contributed by atoms with Crippen LogP contribution < -0.4 is 5.32 Å². The van der Waals surface area contributed by atoms with Gasteiger partial charge >= 0.3 is 0 Å². The first-order valence-corrected chi connectivity index (χ1v) is 9.41. The third-order valence-corrected chi connectivity index (χ3v) is 5.90. The SMILES string of the molecule is CCNC(C1CC(C)CC(C)C1)C(OC)C1CCCCC1. The second-order valence-electron chi connectivity index (χ2n) is 7.86. The second kappa shape index (κ2) is 8.53. The van der Waals surface area contributed by atoms with Gasteiger partial charge in [-0.25, -0.2) is 0 Å². The quantitative estimate of drug-likeness (QED) is 0.771. The van der Waals surface area contributed by atoms with Crippen LogP contribution in [0.5, 0.6) is 0 Å². The molecule has 124 valence electrons. The van der Waals surface area contributed by atoms with E-state index in [9.17, 15) is 0 Å². The van der Waals surface area contributed by atoms with Crippen molar-refractivity contribution in [3.63, 3.8) is 0 Å². The lowest BCUT2D eigenvalue weighted by atomic mass is 9.70. The molecule has 2 saturated carbocycles. The van der Waals surface area contributed by atoms with Crippen molar-refractivity contribution in [3.8, 4) is 0 Å². The van der Waals surface area contributed by atoms with Gasteiger partial charge in [0.2, 0.25) is 0 Å². The van der Waals surface area contributed by atoms with Crippen LogP contribution in [0.15, 0.2) is 0 Å². The summed E-state index contributed by atoms with van der Waals surface area (Å²) in [4.78, 5) is 0. The maximum Gasteiger partial charge on any atom is 0.0755 e. The van der Waals surface area contributed by atoms with Crippen molar-refractivity contribution in [2.24, 2.45) is 23.7 Å². The van der Waals surface area contributed by atoms with E-state index in [2.05, 4.69) is 26.1 Å². The minimum Gasteiger partial charge on any atom is -0.380 e. The van der Waals surface area contributed by atoms with Crippen molar-refractivity contribution >= 4 is 0 Å². The lowest BCUT2D eigenvalue weighted by Gasteiger charge is -2.43. The van der Waals surface area contributed by atoms with Gasteiger partial charge in [-0.2, -0.15) is 0 Å². The lowest BCUT2D eigenvalue weighted by Crippen LogP contribution is -2.51. The average molecular weight is 296 g/mol. The molecule has 2 aliphatic carbocycles. The Hall–Kier alpha value is -0.0800. The molecule has 2 rings (SSSR count). The molecule has 0 aromatic heterocycles. The highest BCUT2D eigenvalue weighted by Crippen LogP contribution is 2.39. The summed E-state index contributed by atoms with van der Waals surface area (Å²) < 4.78 is 6.07. The van der Waals surface area contributed by atoms with Gasteiger partial charge in [-0.15, -0.1) is 0 Å². The van der Waals surface area contributed by atoms with Gasteiger partial charge < -0.3 is 10.1 Å². The van der Waals surface area contributed by atoms with E-state index in [1.165, 1.54) is 51.4 Å². The zero-order chi connectivity index (χ0) is 15.2. The van der Waals surface area contributed by atoms with E-state index in [1.807, 2.05) is 7.11 Å². The fourth-order valence-corrected chi connectivity index (χ4v) is 5.18.